The van der Waals surface area contributed by atoms with Gasteiger partial charge in [-0.3, -0.25) is 15.2 Å². The lowest BCUT2D eigenvalue weighted by atomic mass is 9.93. The summed E-state index contributed by atoms with van der Waals surface area (Å²) in [6.07, 6.45) is 12.9. The molecule has 6 nitrogen and oxygen atoms in total. The topological polar surface area (TPSA) is 83.1 Å². The Morgan fingerprint density at radius 2 is 1.43 bits per heavy atom. The van der Waals surface area contributed by atoms with Crippen molar-refractivity contribution in [1.82, 2.24) is 30.4 Å². The highest BCUT2D eigenvalue weighted by Gasteiger charge is 2.23. The van der Waals surface area contributed by atoms with Gasteiger partial charge in [0.2, 0.25) is 0 Å². The number of hydrogen-bond acceptors (Lipinski definition) is 4. The van der Waals surface area contributed by atoms with E-state index in [4.69, 9.17) is 4.98 Å². The molecule has 0 fully saturated rings. The molecule has 6 rings (SSSR count). The Balaban J connectivity index is 1.59. The smallest absolute Gasteiger partial charge is 0.115 e. The SMILES string of the molecule is c1cc2cc(-c3n[nH]c4c3CCCC4)nc(-c3n[nH]c4c3CCCC4)c2cn1. The lowest BCUT2D eigenvalue weighted by molar-refractivity contribution is 0.675. The third-order valence-electron chi connectivity index (χ3n) is 6.21. The van der Waals surface area contributed by atoms with E-state index in [1.54, 1.807) is 0 Å². The summed E-state index contributed by atoms with van der Waals surface area (Å²) < 4.78 is 0. The molecule has 2 aliphatic rings. The maximum atomic E-state index is 5.10. The second kappa shape index (κ2) is 6.26. The minimum Gasteiger partial charge on any atom is -0.282 e. The van der Waals surface area contributed by atoms with Crippen molar-refractivity contribution in [2.75, 3.05) is 0 Å². The normalized spacial score (nSPS) is 16.1. The fourth-order valence-electron chi connectivity index (χ4n) is 4.76. The molecule has 0 saturated heterocycles. The molecule has 0 radical (unpaired) electrons. The highest BCUT2D eigenvalue weighted by atomic mass is 15.1. The predicted molar refractivity (Wildman–Crippen MR) is 108 cm³/mol. The van der Waals surface area contributed by atoms with Crippen molar-refractivity contribution in [2.24, 2.45) is 0 Å². The Kier molecular flexibility index (Phi) is 3.57. The third-order valence-corrected chi connectivity index (χ3v) is 6.21. The van der Waals surface area contributed by atoms with Crippen LogP contribution < -0.4 is 0 Å². The number of H-pyrrole nitrogens is 2. The van der Waals surface area contributed by atoms with Gasteiger partial charge >= 0.3 is 0 Å². The predicted octanol–water partition coefficient (Wildman–Crippen LogP) is 4.17. The van der Waals surface area contributed by atoms with Crippen LogP contribution in [0.1, 0.15) is 48.2 Å². The lowest BCUT2D eigenvalue weighted by Crippen LogP contribution is -2.03. The monoisotopic (exact) mass is 370 g/mol. The zero-order valence-corrected chi connectivity index (χ0v) is 15.8. The quantitative estimate of drug-likeness (QED) is 0.555. The zero-order chi connectivity index (χ0) is 18.5. The molecule has 6 heteroatoms. The van der Waals surface area contributed by atoms with E-state index in [0.29, 0.717) is 0 Å². The van der Waals surface area contributed by atoms with E-state index in [-0.39, 0.29) is 0 Å². The summed E-state index contributed by atoms with van der Waals surface area (Å²) in [5.74, 6) is 0. The molecule has 4 aromatic rings. The molecule has 0 bridgehead atoms. The van der Waals surface area contributed by atoms with Crippen LogP contribution in [-0.2, 0) is 25.7 Å². The first-order valence-corrected chi connectivity index (χ1v) is 10.3. The molecule has 0 unspecified atom stereocenters. The first kappa shape index (κ1) is 16.0. The summed E-state index contributed by atoms with van der Waals surface area (Å²) >= 11 is 0. The van der Waals surface area contributed by atoms with Gasteiger partial charge in [0.1, 0.15) is 17.1 Å². The molecule has 140 valence electrons. The minimum atomic E-state index is 0.924. The molecule has 2 N–H and O–H groups in total. The van der Waals surface area contributed by atoms with Gasteiger partial charge in [0.15, 0.2) is 0 Å². The van der Waals surface area contributed by atoms with Crippen molar-refractivity contribution in [1.29, 1.82) is 0 Å². The van der Waals surface area contributed by atoms with Gasteiger partial charge in [-0.1, -0.05) is 0 Å². The van der Waals surface area contributed by atoms with E-state index in [9.17, 15) is 0 Å². The summed E-state index contributed by atoms with van der Waals surface area (Å²) in [6.45, 7) is 0. The molecule has 28 heavy (non-hydrogen) atoms. The number of aryl methyl sites for hydroxylation is 2. The van der Waals surface area contributed by atoms with Crippen LogP contribution in [0.25, 0.3) is 33.5 Å². The van der Waals surface area contributed by atoms with Crippen molar-refractivity contribution >= 4 is 10.8 Å². The molecule has 4 heterocycles. The number of hydrogen-bond donors (Lipinski definition) is 2. The fourth-order valence-corrected chi connectivity index (χ4v) is 4.76. The number of aromatic amines is 2. The molecule has 0 spiro atoms. The number of aromatic nitrogens is 6. The van der Waals surface area contributed by atoms with Gasteiger partial charge in [0.05, 0.1) is 5.69 Å². The second-order valence-electron chi connectivity index (χ2n) is 7.93. The highest BCUT2D eigenvalue weighted by Crippen LogP contribution is 2.36. The molecule has 0 amide bonds. The average molecular weight is 370 g/mol. The van der Waals surface area contributed by atoms with Gasteiger partial charge in [-0.25, -0.2) is 4.98 Å². The molecule has 0 atom stereocenters. The van der Waals surface area contributed by atoms with Gasteiger partial charge in [0.25, 0.3) is 0 Å². The van der Waals surface area contributed by atoms with Crippen molar-refractivity contribution in [2.45, 2.75) is 51.4 Å². The molecule has 0 aliphatic heterocycles. The van der Waals surface area contributed by atoms with E-state index in [0.717, 1.165) is 59.2 Å². The standard InChI is InChI=1S/C22H22N6/c1-3-7-17-14(5-1)20(27-25-17)19-11-13-9-10-23-12-16(13)21(24-19)22-15-6-2-4-8-18(15)26-28-22/h9-12H,1-8H2,(H,25,27)(H,26,28). The Bertz CT molecular complexity index is 1190. The molecule has 0 aromatic carbocycles. The van der Waals surface area contributed by atoms with Crippen molar-refractivity contribution < 1.29 is 0 Å². The number of nitrogens with one attached hydrogen (secondary N) is 2. The minimum absolute atomic E-state index is 0.924. The lowest BCUT2D eigenvalue weighted by Gasteiger charge is -2.14. The molecule has 4 aromatic heterocycles. The maximum absolute atomic E-state index is 5.10. The number of pyridine rings is 2. The number of fused-ring (bicyclic) bond motifs is 3. The van der Waals surface area contributed by atoms with Crippen molar-refractivity contribution in [3.8, 4) is 22.8 Å². The van der Waals surface area contributed by atoms with Crippen molar-refractivity contribution in [3.05, 3.63) is 47.0 Å². The third kappa shape index (κ3) is 2.40. The number of nitrogens with zero attached hydrogens (tertiary/aromatic N) is 4. The van der Waals surface area contributed by atoms with E-state index in [1.807, 2.05) is 12.4 Å². The van der Waals surface area contributed by atoms with Gasteiger partial charge in [-0.15, -0.1) is 0 Å². The van der Waals surface area contributed by atoms with Crippen LogP contribution in [0.5, 0.6) is 0 Å². The van der Waals surface area contributed by atoms with E-state index >= 15 is 0 Å². The van der Waals surface area contributed by atoms with E-state index in [1.165, 1.54) is 48.2 Å². The van der Waals surface area contributed by atoms with Crippen LogP contribution in [0.4, 0.5) is 0 Å². The molecule has 2 aliphatic carbocycles. The van der Waals surface area contributed by atoms with Gasteiger partial charge in [-0.2, -0.15) is 10.2 Å². The Hall–Kier alpha value is -3.02. The average Bonchev–Trinajstić information content (AvgIpc) is 3.37. The van der Waals surface area contributed by atoms with Crippen LogP contribution in [-0.4, -0.2) is 30.4 Å². The summed E-state index contributed by atoms with van der Waals surface area (Å²) in [5.41, 5.74) is 9.04. The first-order chi connectivity index (χ1) is 13.9. The van der Waals surface area contributed by atoms with Crippen LogP contribution in [0.15, 0.2) is 24.5 Å². The fraction of sp³-hybridized carbons (Fsp3) is 0.364. The van der Waals surface area contributed by atoms with Crippen LogP contribution >= 0.6 is 0 Å². The summed E-state index contributed by atoms with van der Waals surface area (Å²) in [5, 5.41) is 18.0. The molecular weight excluding hydrogens is 348 g/mol. The Labute approximate surface area is 162 Å². The second-order valence-corrected chi connectivity index (χ2v) is 7.93. The Morgan fingerprint density at radius 3 is 2.21 bits per heavy atom. The zero-order valence-electron chi connectivity index (χ0n) is 15.8. The van der Waals surface area contributed by atoms with E-state index < -0.39 is 0 Å². The van der Waals surface area contributed by atoms with Gasteiger partial charge < -0.3 is 0 Å². The summed E-state index contributed by atoms with van der Waals surface area (Å²) in [6, 6.07) is 4.20. The van der Waals surface area contributed by atoms with Gasteiger partial charge in [0, 0.05) is 40.3 Å². The first-order valence-electron chi connectivity index (χ1n) is 10.3. The molecular formula is C22H22N6. The van der Waals surface area contributed by atoms with Crippen LogP contribution in [0.3, 0.4) is 0 Å². The van der Waals surface area contributed by atoms with Crippen LogP contribution in [0.2, 0.25) is 0 Å². The number of rotatable bonds is 2. The maximum Gasteiger partial charge on any atom is 0.115 e. The van der Waals surface area contributed by atoms with Crippen LogP contribution in [0, 0.1) is 0 Å². The summed E-state index contributed by atoms with van der Waals surface area (Å²) in [4.78, 5) is 9.46. The Morgan fingerprint density at radius 1 is 0.750 bits per heavy atom. The van der Waals surface area contributed by atoms with Gasteiger partial charge in [-0.05, 0) is 68.9 Å². The molecule has 0 saturated carbocycles. The van der Waals surface area contributed by atoms with E-state index in [2.05, 4.69) is 37.5 Å². The summed E-state index contributed by atoms with van der Waals surface area (Å²) in [7, 11) is 0. The largest absolute Gasteiger partial charge is 0.282 e. The van der Waals surface area contributed by atoms with Crippen molar-refractivity contribution in [3.63, 3.8) is 0 Å². The highest BCUT2D eigenvalue weighted by molar-refractivity contribution is 5.96.